The van der Waals surface area contributed by atoms with E-state index in [1.807, 2.05) is 50.4 Å². The van der Waals surface area contributed by atoms with Gasteiger partial charge in [0, 0.05) is 10.6 Å². The van der Waals surface area contributed by atoms with Crippen LogP contribution in [0.15, 0.2) is 68.4 Å². The molecule has 2 heterocycles. The molecular formula is C23H21N3O3S2. The molecule has 1 N–H and O–H groups in total. The molecule has 31 heavy (non-hydrogen) atoms. The maximum atomic E-state index is 13.4. The largest absolute Gasteiger partial charge is 0.336 e. The van der Waals surface area contributed by atoms with Gasteiger partial charge in [-0.2, -0.15) is 0 Å². The van der Waals surface area contributed by atoms with Crippen LogP contribution in [-0.4, -0.2) is 21.3 Å². The van der Waals surface area contributed by atoms with Gasteiger partial charge in [0.2, 0.25) is 5.91 Å². The highest BCUT2D eigenvalue weighted by atomic mass is 32.2. The number of benzene rings is 2. The first kappa shape index (κ1) is 21.1. The van der Waals surface area contributed by atoms with Crippen LogP contribution in [0.5, 0.6) is 0 Å². The van der Waals surface area contributed by atoms with Gasteiger partial charge in [0.05, 0.1) is 11.2 Å². The van der Waals surface area contributed by atoms with Crippen molar-refractivity contribution in [2.75, 3.05) is 11.6 Å². The van der Waals surface area contributed by atoms with E-state index in [0.717, 1.165) is 20.6 Å². The molecule has 0 spiro atoms. The lowest BCUT2D eigenvalue weighted by Crippen LogP contribution is -2.40. The van der Waals surface area contributed by atoms with Crippen LogP contribution in [0, 0.1) is 13.8 Å². The fourth-order valence-electron chi connectivity index (χ4n) is 3.55. The molecule has 0 fully saturated rings. The maximum Gasteiger partial charge on any atom is 0.336 e. The Bertz CT molecular complexity index is 1420. The number of nitrogens with zero attached hydrogens (tertiary/aromatic N) is 2. The SMILES string of the molecule is CSc1cccc(NC(=O)Cn2c(=O)n(-c3ccc(C)cc3C)c(=O)c3sccc32)c1. The van der Waals surface area contributed by atoms with Crippen LogP contribution >= 0.6 is 23.1 Å². The summed E-state index contributed by atoms with van der Waals surface area (Å²) in [6, 6.07) is 14.8. The van der Waals surface area contributed by atoms with Gasteiger partial charge in [-0.05, 0) is 61.4 Å². The smallest absolute Gasteiger partial charge is 0.324 e. The number of hydrogen-bond acceptors (Lipinski definition) is 5. The Morgan fingerprint density at radius 3 is 2.65 bits per heavy atom. The van der Waals surface area contributed by atoms with Crippen LogP contribution in [0.4, 0.5) is 5.69 Å². The second-order valence-corrected chi connectivity index (χ2v) is 9.01. The second-order valence-electron chi connectivity index (χ2n) is 7.21. The summed E-state index contributed by atoms with van der Waals surface area (Å²) < 4.78 is 2.96. The summed E-state index contributed by atoms with van der Waals surface area (Å²) in [5, 5.41) is 4.60. The molecule has 0 saturated carbocycles. The third kappa shape index (κ3) is 4.08. The van der Waals surface area contributed by atoms with Crippen molar-refractivity contribution in [2.45, 2.75) is 25.3 Å². The topological polar surface area (TPSA) is 73.1 Å². The van der Waals surface area contributed by atoms with Gasteiger partial charge in [-0.15, -0.1) is 23.1 Å². The third-order valence-corrected chi connectivity index (χ3v) is 6.62. The molecule has 0 saturated heterocycles. The Balaban J connectivity index is 1.79. The second kappa shape index (κ2) is 8.56. The molecule has 0 radical (unpaired) electrons. The minimum absolute atomic E-state index is 0.194. The van der Waals surface area contributed by atoms with E-state index < -0.39 is 5.69 Å². The lowest BCUT2D eigenvalue weighted by Gasteiger charge is -2.14. The van der Waals surface area contributed by atoms with Gasteiger partial charge in [0.1, 0.15) is 11.2 Å². The van der Waals surface area contributed by atoms with Crippen molar-refractivity contribution in [3.63, 3.8) is 0 Å². The minimum Gasteiger partial charge on any atom is -0.324 e. The number of aromatic nitrogens is 2. The summed E-state index contributed by atoms with van der Waals surface area (Å²) >= 11 is 2.84. The molecule has 4 rings (SSSR count). The fraction of sp³-hybridized carbons (Fsp3) is 0.174. The molecule has 1 amide bonds. The summed E-state index contributed by atoms with van der Waals surface area (Å²) in [5.41, 5.74) is 2.61. The van der Waals surface area contributed by atoms with E-state index in [-0.39, 0.29) is 18.0 Å². The van der Waals surface area contributed by atoms with Crippen molar-refractivity contribution in [2.24, 2.45) is 0 Å². The molecule has 0 aliphatic heterocycles. The molecule has 6 nitrogen and oxygen atoms in total. The summed E-state index contributed by atoms with van der Waals surface area (Å²) in [6.07, 6.45) is 1.96. The number of amides is 1. The summed E-state index contributed by atoms with van der Waals surface area (Å²) in [5.74, 6) is -0.335. The Kier molecular flexibility index (Phi) is 5.84. The van der Waals surface area contributed by atoms with Gasteiger partial charge in [-0.25, -0.2) is 9.36 Å². The van der Waals surface area contributed by atoms with Crippen LogP contribution in [0.1, 0.15) is 11.1 Å². The van der Waals surface area contributed by atoms with Gasteiger partial charge in [-0.3, -0.25) is 14.2 Å². The molecule has 2 aromatic heterocycles. The predicted molar refractivity (Wildman–Crippen MR) is 128 cm³/mol. The molecule has 158 valence electrons. The van der Waals surface area contributed by atoms with E-state index in [4.69, 9.17) is 0 Å². The molecule has 0 atom stereocenters. The van der Waals surface area contributed by atoms with Crippen molar-refractivity contribution in [1.82, 2.24) is 9.13 Å². The zero-order valence-electron chi connectivity index (χ0n) is 17.3. The molecule has 0 aliphatic rings. The number of anilines is 1. The molecule has 0 bridgehead atoms. The Morgan fingerprint density at radius 2 is 1.90 bits per heavy atom. The Labute approximate surface area is 187 Å². The van der Waals surface area contributed by atoms with Crippen LogP contribution in [0.2, 0.25) is 0 Å². The summed E-state index contributed by atoms with van der Waals surface area (Å²) in [7, 11) is 0. The number of thioether (sulfide) groups is 1. The van der Waals surface area contributed by atoms with Crippen molar-refractivity contribution in [3.05, 3.63) is 85.9 Å². The number of fused-ring (bicyclic) bond motifs is 1. The summed E-state index contributed by atoms with van der Waals surface area (Å²) in [4.78, 5) is 40.3. The van der Waals surface area contributed by atoms with Gasteiger partial charge >= 0.3 is 5.69 Å². The number of carbonyl (C=O) groups is 1. The number of carbonyl (C=O) groups excluding carboxylic acids is 1. The average molecular weight is 452 g/mol. The van der Waals surface area contributed by atoms with Crippen molar-refractivity contribution >= 4 is 44.9 Å². The van der Waals surface area contributed by atoms with Crippen molar-refractivity contribution in [1.29, 1.82) is 0 Å². The monoisotopic (exact) mass is 451 g/mol. The fourth-order valence-corrected chi connectivity index (χ4v) is 4.84. The van der Waals surface area contributed by atoms with E-state index in [9.17, 15) is 14.4 Å². The lowest BCUT2D eigenvalue weighted by atomic mass is 10.1. The first-order chi connectivity index (χ1) is 14.9. The van der Waals surface area contributed by atoms with Crippen LogP contribution in [0.25, 0.3) is 15.9 Å². The van der Waals surface area contributed by atoms with Gasteiger partial charge < -0.3 is 5.32 Å². The van der Waals surface area contributed by atoms with Crippen LogP contribution < -0.4 is 16.6 Å². The number of rotatable bonds is 5. The first-order valence-corrected chi connectivity index (χ1v) is 11.7. The van der Waals surface area contributed by atoms with Gasteiger partial charge in [0.25, 0.3) is 5.56 Å². The first-order valence-electron chi connectivity index (χ1n) is 9.63. The van der Waals surface area contributed by atoms with Gasteiger partial charge in [0.15, 0.2) is 0 Å². The van der Waals surface area contributed by atoms with E-state index in [0.29, 0.717) is 21.6 Å². The lowest BCUT2D eigenvalue weighted by molar-refractivity contribution is -0.116. The van der Waals surface area contributed by atoms with E-state index in [1.54, 1.807) is 35.3 Å². The Hall–Kier alpha value is -3.10. The predicted octanol–water partition coefficient (Wildman–Crippen LogP) is 4.19. The molecule has 8 heteroatoms. The van der Waals surface area contributed by atoms with E-state index in [2.05, 4.69) is 5.32 Å². The number of hydrogen-bond donors (Lipinski definition) is 1. The van der Waals surface area contributed by atoms with E-state index >= 15 is 0 Å². The molecular weight excluding hydrogens is 430 g/mol. The molecule has 0 aliphatic carbocycles. The van der Waals surface area contributed by atoms with Crippen LogP contribution in [0.3, 0.4) is 0 Å². The normalized spacial score (nSPS) is 11.1. The maximum absolute atomic E-state index is 13.4. The highest BCUT2D eigenvalue weighted by Gasteiger charge is 2.18. The summed E-state index contributed by atoms with van der Waals surface area (Å²) in [6.45, 7) is 3.63. The van der Waals surface area contributed by atoms with Crippen molar-refractivity contribution < 1.29 is 4.79 Å². The molecule has 2 aromatic carbocycles. The number of nitrogens with one attached hydrogen (secondary N) is 1. The minimum atomic E-state index is -0.532. The molecule has 4 aromatic rings. The third-order valence-electron chi connectivity index (χ3n) is 5.00. The van der Waals surface area contributed by atoms with E-state index in [1.165, 1.54) is 15.9 Å². The quantitative estimate of drug-likeness (QED) is 0.462. The number of aryl methyl sites for hydroxylation is 2. The highest BCUT2D eigenvalue weighted by molar-refractivity contribution is 7.98. The average Bonchev–Trinajstić information content (AvgIpc) is 3.23. The zero-order chi connectivity index (χ0) is 22.1. The van der Waals surface area contributed by atoms with Crippen molar-refractivity contribution in [3.8, 4) is 5.69 Å². The molecule has 0 unspecified atom stereocenters. The highest BCUT2D eigenvalue weighted by Crippen LogP contribution is 2.20. The standard InChI is InChI=1S/C23H21N3O3S2/c1-14-7-8-18(15(2)11-14)26-22(28)21-19(9-10-31-21)25(23(26)29)13-20(27)24-16-5-4-6-17(12-16)30-3/h4-12H,13H2,1-3H3,(H,24,27). The number of thiophene rings is 1. The van der Waals surface area contributed by atoms with Gasteiger partial charge in [-0.1, -0.05) is 23.8 Å². The zero-order valence-corrected chi connectivity index (χ0v) is 19.0. The van der Waals surface area contributed by atoms with Crippen LogP contribution in [-0.2, 0) is 11.3 Å². The Morgan fingerprint density at radius 1 is 1.10 bits per heavy atom.